The zero-order valence-corrected chi connectivity index (χ0v) is 16.1. The van der Waals surface area contributed by atoms with Gasteiger partial charge in [-0.1, -0.05) is 47.9 Å². The Bertz CT molecular complexity index is 1050. The predicted molar refractivity (Wildman–Crippen MR) is 114 cm³/mol. The number of hydrogen-bond acceptors (Lipinski definition) is 3. The van der Waals surface area contributed by atoms with Gasteiger partial charge in [0.05, 0.1) is 0 Å². The summed E-state index contributed by atoms with van der Waals surface area (Å²) in [7, 11) is 1.04. The molecule has 4 rings (SSSR count). The maximum absolute atomic E-state index is 14.3. The Kier molecular flexibility index (Phi) is 5.65. The number of piperidine rings is 1. The Hall–Kier alpha value is -2.70. The molecule has 1 aliphatic heterocycles. The number of hydrogen-bond donors (Lipinski definition) is 2. The number of likely N-dealkylation sites (tertiary alicyclic amines) is 1. The fourth-order valence-corrected chi connectivity index (χ4v) is 4.15. The van der Waals surface area contributed by atoms with E-state index in [2.05, 4.69) is 0 Å². The molecule has 147 valence electrons. The molecule has 0 saturated carbocycles. The number of rotatable bonds is 4. The highest BCUT2D eigenvalue weighted by Crippen LogP contribution is 2.31. The van der Waals surface area contributed by atoms with E-state index in [1.165, 1.54) is 6.07 Å². The van der Waals surface area contributed by atoms with Gasteiger partial charge in [-0.2, -0.15) is 0 Å². The van der Waals surface area contributed by atoms with Gasteiger partial charge in [0, 0.05) is 25.2 Å². The topological polar surface area (TPSA) is 66.6 Å². The van der Waals surface area contributed by atoms with Gasteiger partial charge in [-0.3, -0.25) is 4.79 Å². The predicted octanol–water partition coefficient (Wildman–Crippen LogP) is 2.69. The molecule has 4 nitrogen and oxygen atoms in total. The van der Waals surface area contributed by atoms with Crippen molar-refractivity contribution in [1.82, 2.24) is 4.90 Å². The Morgan fingerprint density at radius 3 is 2.66 bits per heavy atom. The minimum absolute atomic E-state index is 0.0275. The second-order valence-corrected chi connectivity index (χ2v) is 7.54. The average Bonchev–Trinajstić information content (AvgIpc) is 2.78. The molecule has 1 radical (unpaired) electrons. The van der Waals surface area contributed by atoms with E-state index in [1.54, 1.807) is 6.07 Å². The minimum Gasteiger partial charge on any atom is -0.450 e. The van der Waals surface area contributed by atoms with E-state index in [4.69, 9.17) is 5.73 Å². The van der Waals surface area contributed by atoms with Crippen LogP contribution in [0.3, 0.4) is 0 Å². The number of halogens is 1. The van der Waals surface area contributed by atoms with E-state index in [-0.39, 0.29) is 17.6 Å². The maximum atomic E-state index is 14.3. The van der Waals surface area contributed by atoms with Gasteiger partial charge < -0.3 is 15.7 Å². The summed E-state index contributed by atoms with van der Waals surface area (Å²) in [6.45, 7) is 1.55. The molecule has 0 spiro atoms. The number of nitrogens with two attached hydrogens (primary N) is 1. The van der Waals surface area contributed by atoms with Gasteiger partial charge in [-0.05, 0) is 52.8 Å². The molecule has 0 atom stereocenters. The van der Waals surface area contributed by atoms with Crippen molar-refractivity contribution in [3.63, 3.8) is 0 Å². The van der Waals surface area contributed by atoms with Gasteiger partial charge in [-0.15, -0.1) is 0 Å². The summed E-state index contributed by atoms with van der Waals surface area (Å²) < 4.78 is 14.3. The van der Waals surface area contributed by atoms with Crippen LogP contribution >= 0.6 is 0 Å². The smallest absolute Gasteiger partial charge is 0.326 e. The molecule has 1 aliphatic rings. The molecule has 3 N–H and O–H groups in total. The molecule has 0 unspecified atom stereocenters. The van der Waals surface area contributed by atoms with Crippen molar-refractivity contribution in [3.05, 3.63) is 77.1 Å². The molecule has 6 heteroatoms. The fraction of sp³-hybridized carbons (Fsp3) is 0.261. The highest BCUT2D eigenvalue weighted by atomic mass is 19.1. The lowest BCUT2D eigenvalue weighted by Gasteiger charge is -2.33. The summed E-state index contributed by atoms with van der Waals surface area (Å²) in [6, 6.07) is 16.2. The first-order chi connectivity index (χ1) is 14.1. The quantitative estimate of drug-likeness (QED) is 0.675. The van der Waals surface area contributed by atoms with Gasteiger partial charge in [0.2, 0.25) is 0 Å². The van der Waals surface area contributed by atoms with Crippen molar-refractivity contribution in [2.75, 3.05) is 13.1 Å². The van der Waals surface area contributed by atoms with Gasteiger partial charge >= 0.3 is 7.48 Å². The van der Waals surface area contributed by atoms with Crippen LogP contribution in [0, 0.1) is 5.82 Å². The van der Waals surface area contributed by atoms with E-state index in [0.29, 0.717) is 36.2 Å². The fourth-order valence-electron chi connectivity index (χ4n) is 4.15. The first kappa shape index (κ1) is 19.6. The Labute approximate surface area is 170 Å². The second kappa shape index (κ2) is 8.35. The third-order valence-electron chi connectivity index (χ3n) is 5.80. The monoisotopic (exact) mass is 389 g/mol. The first-order valence-corrected chi connectivity index (χ1v) is 9.88. The van der Waals surface area contributed by atoms with E-state index in [1.807, 2.05) is 47.4 Å². The lowest BCUT2D eigenvalue weighted by molar-refractivity contribution is 0.0714. The summed E-state index contributed by atoms with van der Waals surface area (Å²) in [5.41, 5.74) is 8.61. The van der Waals surface area contributed by atoms with Gasteiger partial charge in [-0.25, -0.2) is 4.39 Å². The van der Waals surface area contributed by atoms with Crippen LogP contribution in [0.4, 0.5) is 4.39 Å². The van der Waals surface area contributed by atoms with Gasteiger partial charge in [0.15, 0.2) is 0 Å². The van der Waals surface area contributed by atoms with Crippen molar-refractivity contribution >= 4 is 29.6 Å². The SMILES string of the molecule is NCc1ccc(F)c(C2CCN(C(=O)c3cccc4ccc([B]O)cc34)CC2)c1. The molecule has 29 heavy (non-hydrogen) atoms. The van der Waals surface area contributed by atoms with Gasteiger partial charge in [0.1, 0.15) is 5.82 Å². The molecule has 1 heterocycles. The largest absolute Gasteiger partial charge is 0.450 e. The zero-order valence-electron chi connectivity index (χ0n) is 16.1. The number of benzene rings is 3. The van der Waals surface area contributed by atoms with E-state index in [0.717, 1.165) is 36.7 Å². The molecule has 0 bridgehead atoms. The van der Waals surface area contributed by atoms with Crippen LogP contribution in [0.2, 0.25) is 0 Å². The van der Waals surface area contributed by atoms with Crippen LogP contribution in [0.15, 0.2) is 54.6 Å². The molecule has 1 fully saturated rings. The minimum atomic E-state index is -0.200. The first-order valence-electron chi connectivity index (χ1n) is 9.88. The van der Waals surface area contributed by atoms with E-state index < -0.39 is 0 Å². The number of carbonyl (C=O) groups excluding carboxylic acids is 1. The van der Waals surface area contributed by atoms with Crippen molar-refractivity contribution in [2.45, 2.75) is 25.3 Å². The van der Waals surface area contributed by atoms with Crippen molar-refractivity contribution in [1.29, 1.82) is 0 Å². The lowest BCUT2D eigenvalue weighted by Crippen LogP contribution is -2.38. The summed E-state index contributed by atoms with van der Waals surface area (Å²) in [6.07, 6.45) is 1.44. The van der Waals surface area contributed by atoms with Crippen molar-refractivity contribution < 1.29 is 14.2 Å². The average molecular weight is 389 g/mol. The number of carbonyl (C=O) groups is 1. The molecule has 3 aromatic carbocycles. The highest BCUT2D eigenvalue weighted by Gasteiger charge is 2.27. The lowest BCUT2D eigenvalue weighted by atomic mass is 9.86. The Balaban J connectivity index is 1.53. The van der Waals surface area contributed by atoms with Crippen LogP contribution in [-0.2, 0) is 6.54 Å². The number of amides is 1. The van der Waals surface area contributed by atoms with E-state index >= 15 is 0 Å². The van der Waals surface area contributed by atoms with Crippen LogP contribution < -0.4 is 11.2 Å². The third-order valence-corrected chi connectivity index (χ3v) is 5.80. The van der Waals surface area contributed by atoms with Crippen LogP contribution in [0.5, 0.6) is 0 Å². The Morgan fingerprint density at radius 2 is 1.93 bits per heavy atom. The van der Waals surface area contributed by atoms with Gasteiger partial charge in [0.25, 0.3) is 5.91 Å². The third kappa shape index (κ3) is 3.91. The van der Waals surface area contributed by atoms with E-state index in [9.17, 15) is 14.2 Å². The van der Waals surface area contributed by atoms with Crippen LogP contribution in [-0.4, -0.2) is 36.4 Å². The molecule has 0 aromatic heterocycles. The maximum Gasteiger partial charge on any atom is 0.326 e. The Morgan fingerprint density at radius 1 is 1.14 bits per heavy atom. The summed E-state index contributed by atoms with van der Waals surface area (Å²) >= 11 is 0. The molecule has 0 aliphatic carbocycles. The standard InChI is InChI=1S/C23H23BFN2O2/c25-22-7-4-15(14-26)12-21(22)17-8-10-27(11-9-17)23(28)19-3-1-2-16-5-6-18(24-29)13-20(16)19/h1-7,12-13,17,29H,8-11,14,26H2. The molecular weight excluding hydrogens is 366 g/mol. The van der Waals surface area contributed by atoms with Crippen molar-refractivity contribution in [3.8, 4) is 0 Å². The molecular formula is C23H23BFN2O2. The number of fused-ring (bicyclic) bond motifs is 1. The molecule has 1 saturated heterocycles. The summed E-state index contributed by atoms with van der Waals surface area (Å²) in [5, 5.41) is 11.1. The number of nitrogens with zero attached hydrogens (tertiary/aromatic N) is 1. The molecule has 3 aromatic rings. The zero-order chi connectivity index (χ0) is 20.4. The van der Waals surface area contributed by atoms with Crippen LogP contribution in [0.25, 0.3) is 10.8 Å². The highest BCUT2D eigenvalue weighted by molar-refractivity contribution is 6.46. The normalized spacial score (nSPS) is 14.9. The summed E-state index contributed by atoms with van der Waals surface area (Å²) in [4.78, 5) is 15.0. The second-order valence-electron chi connectivity index (χ2n) is 7.54. The van der Waals surface area contributed by atoms with Crippen LogP contribution in [0.1, 0.15) is 40.2 Å². The van der Waals surface area contributed by atoms with Crippen molar-refractivity contribution in [2.24, 2.45) is 5.73 Å². The summed E-state index contributed by atoms with van der Waals surface area (Å²) in [5.74, 6) is -0.136. The molecule has 1 amide bonds.